The van der Waals surface area contributed by atoms with Crippen LogP contribution in [0.1, 0.15) is 13.8 Å². The van der Waals surface area contributed by atoms with E-state index < -0.39 is 36.3 Å². The topological polar surface area (TPSA) is 55.8 Å². The summed E-state index contributed by atoms with van der Waals surface area (Å²) in [6.45, 7) is 3.25. The van der Waals surface area contributed by atoms with Gasteiger partial charge in [0.05, 0.1) is 0 Å². The van der Waals surface area contributed by atoms with E-state index in [1.807, 2.05) is 0 Å². The first-order valence-electron chi connectivity index (χ1n) is 4.90. The zero-order valence-electron chi connectivity index (χ0n) is 9.68. The number of carbonyl (C=O) groups is 1. The Balaban J connectivity index is 3.08. The molecule has 0 spiro atoms. The summed E-state index contributed by atoms with van der Waals surface area (Å²) in [6, 6.07) is 0. The number of alkyl halides is 4. The third-order valence-corrected chi connectivity index (χ3v) is 2.45. The second-order valence-corrected chi connectivity index (χ2v) is 4.22. The molecule has 1 N–H and O–H groups in total. The molecule has 0 saturated carbocycles. The maximum Gasteiger partial charge on any atom is 0.342 e. The van der Waals surface area contributed by atoms with E-state index in [1.54, 1.807) is 0 Å². The number of rotatable bonds is 2. The summed E-state index contributed by atoms with van der Waals surface area (Å²) in [5, 5.41) is 9.24. The molecule has 8 heteroatoms. The van der Waals surface area contributed by atoms with Gasteiger partial charge >= 0.3 is 17.8 Å². The van der Waals surface area contributed by atoms with Gasteiger partial charge in [0.2, 0.25) is 11.9 Å². The van der Waals surface area contributed by atoms with Crippen molar-refractivity contribution < 1.29 is 36.9 Å². The number of carbonyl (C=O) groups excluding carboxylic acids is 1. The standard InChI is InChI=1S/C10H12F4O4/c1-5(2)6(15)18-7-9(11,12)4-17-8(3,16)10(7,13)14/h7,16H,1,4H2,2-3H3. The van der Waals surface area contributed by atoms with E-state index in [2.05, 4.69) is 16.1 Å². The molecular formula is C10H12F4O4. The molecule has 0 aromatic rings. The smallest absolute Gasteiger partial charge is 0.342 e. The maximum absolute atomic E-state index is 13.6. The molecule has 2 atom stereocenters. The Labute approximate surface area is 100 Å². The number of hydrogen-bond acceptors (Lipinski definition) is 4. The largest absolute Gasteiger partial charge is 0.446 e. The van der Waals surface area contributed by atoms with Crippen molar-refractivity contribution in [3.05, 3.63) is 12.2 Å². The summed E-state index contributed by atoms with van der Waals surface area (Å²) in [4.78, 5) is 11.1. The van der Waals surface area contributed by atoms with Crippen molar-refractivity contribution in [3.63, 3.8) is 0 Å². The highest BCUT2D eigenvalue weighted by Gasteiger charge is 2.70. The first-order chi connectivity index (χ1) is 7.92. The van der Waals surface area contributed by atoms with Crippen LogP contribution in [0.3, 0.4) is 0 Å². The number of aliphatic hydroxyl groups is 1. The fourth-order valence-electron chi connectivity index (χ4n) is 1.28. The highest BCUT2D eigenvalue weighted by molar-refractivity contribution is 5.87. The maximum atomic E-state index is 13.6. The van der Waals surface area contributed by atoms with Gasteiger partial charge in [0, 0.05) is 5.57 Å². The zero-order chi connectivity index (χ0) is 14.4. The molecule has 0 radical (unpaired) electrons. The van der Waals surface area contributed by atoms with Gasteiger partial charge in [0.15, 0.2) is 0 Å². The van der Waals surface area contributed by atoms with Crippen LogP contribution in [0.4, 0.5) is 17.6 Å². The molecular weight excluding hydrogens is 260 g/mol. The van der Waals surface area contributed by atoms with Gasteiger partial charge in [-0.15, -0.1) is 0 Å². The molecule has 18 heavy (non-hydrogen) atoms. The van der Waals surface area contributed by atoms with E-state index in [1.165, 1.54) is 0 Å². The summed E-state index contributed by atoms with van der Waals surface area (Å²) in [5.41, 5.74) is -0.312. The molecule has 4 nitrogen and oxygen atoms in total. The normalized spacial score (nSPS) is 33.8. The Bertz CT molecular complexity index is 378. The van der Waals surface area contributed by atoms with Crippen molar-refractivity contribution in [2.24, 2.45) is 0 Å². The second kappa shape index (κ2) is 4.20. The molecule has 1 heterocycles. The minimum Gasteiger partial charge on any atom is -0.446 e. The third-order valence-electron chi connectivity index (χ3n) is 2.45. The van der Waals surface area contributed by atoms with Crippen LogP contribution in [0.25, 0.3) is 0 Å². The summed E-state index contributed by atoms with van der Waals surface area (Å²) in [5.74, 6) is -13.1. The predicted molar refractivity (Wildman–Crippen MR) is 51.2 cm³/mol. The fourth-order valence-corrected chi connectivity index (χ4v) is 1.28. The van der Waals surface area contributed by atoms with Gasteiger partial charge in [-0.2, -0.15) is 17.6 Å². The molecule has 0 amide bonds. The third kappa shape index (κ3) is 2.35. The van der Waals surface area contributed by atoms with Crippen LogP contribution in [0.2, 0.25) is 0 Å². The molecule has 1 saturated heterocycles. The van der Waals surface area contributed by atoms with E-state index in [4.69, 9.17) is 0 Å². The minimum atomic E-state index is -4.46. The van der Waals surface area contributed by atoms with Gasteiger partial charge in [-0.05, 0) is 13.8 Å². The van der Waals surface area contributed by atoms with Crippen LogP contribution in [-0.4, -0.2) is 41.4 Å². The average Bonchev–Trinajstić information content (AvgIpc) is 2.20. The molecule has 1 aliphatic heterocycles. The minimum absolute atomic E-state index is 0.312. The Morgan fingerprint density at radius 1 is 1.44 bits per heavy atom. The first-order valence-corrected chi connectivity index (χ1v) is 4.90. The molecule has 1 rings (SSSR count). The van der Waals surface area contributed by atoms with E-state index >= 15 is 0 Å². The first kappa shape index (κ1) is 14.9. The summed E-state index contributed by atoms with van der Waals surface area (Å²) >= 11 is 0. The highest BCUT2D eigenvalue weighted by atomic mass is 19.3. The predicted octanol–water partition coefficient (Wildman–Crippen LogP) is 1.48. The zero-order valence-corrected chi connectivity index (χ0v) is 9.68. The van der Waals surface area contributed by atoms with Crippen molar-refractivity contribution in [1.29, 1.82) is 0 Å². The van der Waals surface area contributed by atoms with Gasteiger partial charge in [0.1, 0.15) is 6.61 Å². The average molecular weight is 272 g/mol. The molecule has 2 unspecified atom stereocenters. The number of ether oxygens (including phenoxy) is 2. The van der Waals surface area contributed by atoms with Crippen LogP contribution in [0, 0.1) is 0 Å². The molecule has 0 aromatic heterocycles. The monoisotopic (exact) mass is 272 g/mol. The number of halogens is 4. The van der Waals surface area contributed by atoms with Gasteiger partial charge in [-0.1, -0.05) is 6.58 Å². The lowest BCUT2D eigenvalue weighted by Gasteiger charge is -2.44. The van der Waals surface area contributed by atoms with Gasteiger partial charge in [-0.3, -0.25) is 0 Å². The molecule has 0 aromatic carbocycles. The molecule has 104 valence electrons. The summed E-state index contributed by atoms with van der Waals surface area (Å²) in [6.07, 6.45) is -3.11. The van der Waals surface area contributed by atoms with Gasteiger partial charge in [0.25, 0.3) is 0 Å². The highest BCUT2D eigenvalue weighted by Crippen LogP contribution is 2.46. The van der Waals surface area contributed by atoms with Gasteiger partial charge < -0.3 is 14.6 Å². The van der Waals surface area contributed by atoms with Crippen LogP contribution in [0.5, 0.6) is 0 Å². The lowest BCUT2D eigenvalue weighted by atomic mass is 9.96. The molecule has 1 aliphatic rings. The molecule has 0 aliphatic carbocycles. The van der Waals surface area contributed by atoms with Crippen molar-refractivity contribution in [2.75, 3.05) is 6.61 Å². The van der Waals surface area contributed by atoms with Crippen molar-refractivity contribution >= 4 is 5.97 Å². The van der Waals surface area contributed by atoms with Crippen molar-refractivity contribution in [1.82, 2.24) is 0 Å². The summed E-state index contributed by atoms with van der Waals surface area (Å²) < 4.78 is 61.9. The van der Waals surface area contributed by atoms with Crippen LogP contribution in [-0.2, 0) is 14.3 Å². The molecule has 0 bridgehead atoms. The number of hydrogen-bond donors (Lipinski definition) is 1. The molecule has 1 fully saturated rings. The van der Waals surface area contributed by atoms with Gasteiger partial charge in [-0.25, -0.2) is 4.79 Å². The number of esters is 1. The van der Waals surface area contributed by atoms with E-state index in [0.717, 1.165) is 6.92 Å². The Kier molecular flexibility index (Phi) is 3.48. The quantitative estimate of drug-likeness (QED) is 0.470. The van der Waals surface area contributed by atoms with Crippen LogP contribution >= 0.6 is 0 Å². The summed E-state index contributed by atoms with van der Waals surface area (Å²) in [7, 11) is 0. The van der Waals surface area contributed by atoms with Crippen molar-refractivity contribution in [3.8, 4) is 0 Å². The van der Waals surface area contributed by atoms with E-state index in [9.17, 15) is 27.5 Å². The SMILES string of the molecule is C=C(C)C(=O)OC1C(F)(F)COC(C)(O)C1(F)F. The Hall–Kier alpha value is -1.15. The van der Waals surface area contributed by atoms with E-state index in [-0.39, 0.29) is 5.57 Å². The van der Waals surface area contributed by atoms with Crippen LogP contribution in [0.15, 0.2) is 12.2 Å². The lowest BCUT2D eigenvalue weighted by molar-refractivity contribution is -0.403. The Morgan fingerprint density at radius 3 is 2.39 bits per heavy atom. The van der Waals surface area contributed by atoms with E-state index in [0.29, 0.717) is 6.92 Å². The second-order valence-electron chi connectivity index (χ2n) is 4.22. The van der Waals surface area contributed by atoms with Crippen molar-refractivity contribution in [2.45, 2.75) is 37.6 Å². The van der Waals surface area contributed by atoms with Crippen LogP contribution < -0.4 is 0 Å². The lowest BCUT2D eigenvalue weighted by Crippen LogP contribution is -2.68. The fraction of sp³-hybridized carbons (Fsp3) is 0.700. The Morgan fingerprint density at radius 2 is 1.94 bits per heavy atom.